The van der Waals surface area contributed by atoms with Gasteiger partial charge in [0.05, 0.1) is 24.0 Å². The highest BCUT2D eigenvalue weighted by Crippen LogP contribution is 2.54. The van der Waals surface area contributed by atoms with Crippen LogP contribution in [0.2, 0.25) is 0 Å². The number of halogens is 2. The molecule has 0 N–H and O–H groups in total. The zero-order chi connectivity index (χ0) is 22.0. The third-order valence-electron chi connectivity index (χ3n) is 5.95. The van der Waals surface area contributed by atoms with Gasteiger partial charge in [-0.2, -0.15) is 0 Å². The van der Waals surface area contributed by atoms with Crippen LogP contribution in [0.3, 0.4) is 0 Å². The smallest absolute Gasteiger partial charge is 0.313 e. The Hall–Kier alpha value is -1.77. The Balaban J connectivity index is 1.94. The number of hydrogen-bond acceptors (Lipinski definition) is 6. The third-order valence-corrected chi connectivity index (χ3v) is 5.95. The number of likely N-dealkylation sites (tertiary alicyclic amines) is 1. The second-order valence-electron chi connectivity index (χ2n) is 9.58. The Morgan fingerprint density at radius 2 is 1.69 bits per heavy atom. The van der Waals surface area contributed by atoms with Gasteiger partial charge < -0.3 is 19.1 Å². The van der Waals surface area contributed by atoms with E-state index in [0.717, 1.165) is 6.92 Å². The van der Waals surface area contributed by atoms with Crippen molar-refractivity contribution in [1.29, 1.82) is 0 Å². The van der Waals surface area contributed by atoms with E-state index in [4.69, 9.17) is 14.2 Å². The van der Waals surface area contributed by atoms with Crippen molar-refractivity contribution in [2.24, 2.45) is 17.8 Å². The van der Waals surface area contributed by atoms with Crippen LogP contribution in [0.25, 0.3) is 0 Å². The first-order chi connectivity index (χ1) is 13.2. The van der Waals surface area contributed by atoms with Crippen LogP contribution in [0.5, 0.6) is 0 Å². The molecule has 0 aromatic rings. The van der Waals surface area contributed by atoms with Gasteiger partial charge in [-0.25, -0.2) is 8.78 Å². The average molecular weight is 417 g/mol. The highest BCUT2D eigenvalue weighted by Gasteiger charge is 2.74. The van der Waals surface area contributed by atoms with Gasteiger partial charge in [0.25, 0.3) is 5.92 Å². The van der Waals surface area contributed by atoms with E-state index < -0.39 is 71.6 Å². The highest BCUT2D eigenvalue weighted by molar-refractivity contribution is 5.91. The molecule has 3 rings (SSSR count). The summed E-state index contributed by atoms with van der Waals surface area (Å²) in [4.78, 5) is 39.9. The Morgan fingerprint density at radius 1 is 1.10 bits per heavy atom. The van der Waals surface area contributed by atoms with E-state index in [2.05, 4.69) is 0 Å². The summed E-state index contributed by atoms with van der Waals surface area (Å²) < 4.78 is 43.6. The Kier molecular flexibility index (Phi) is 5.21. The quantitative estimate of drug-likeness (QED) is 0.638. The van der Waals surface area contributed by atoms with Gasteiger partial charge in [0.1, 0.15) is 12.0 Å². The number of hydrogen-bond donors (Lipinski definition) is 0. The monoisotopic (exact) mass is 417 g/mol. The molecule has 0 spiro atoms. The molecule has 164 valence electrons. The van der Waals surface area contributed by atoms with E-state index in [0.29, 0.717) is 6.92 Å². The minimum absolute atomic E-state index is 0.309. The lowest BCUT2D eigenvalue weighted by Gasteiger charge is -2.39. The van der Waals surface area contributed by atoms with Crippen LogP contribution in [-0.2, 0) is 28.6 Å². The molecule has 3 heterocycles. The Morgan fingerprint density at radius 3 is 2.17 bits per heavy atom. The molecule has 9 heteroatoms. The number of carbonyl (C=O) groups is 3. The number of ether oxygens (including phenoxy) is 3. The second kappa shape index (κ2) is 6.89. The predicted molar refractivity (Wildman–Crippen MR) is 96.9 cm³/mol. The maximum Gasteiger partial charge on any atom is 0.313 e. The van der Waals surface area contributed by atoms with Crippen molar-refractivity contribution in [2.75, 3.05) is 0 Å². The lowest BCUT2D eigenvalue weighted by Crippen LogP contribution is -2.55. The highest BCUT2D eigenvalue weighted by atomic mass is 19.3. The fraction of sp³-hybridized carbons (Fsp3) is 0.850. The summed E-state index contributed by atoms with van der Waals surface area (Å²) in [6, 6.07) is -0.519. The normalized spacial score (nSPS) is 34.7. The summed E-state index contributed by atoms with van der Waals surface area (Å²) in [5, 5.41) is 0. The van der Waals surface area contributed by atoms with E-state index in [9.17, 15) is 23.2 Å². The van der Waals surface area contributed by atoms with Gasteiger partial charge in [0, 0.05) is 12.5 Å². The molecule has 0 aromatic heterocycles. The molecule has 7 atom stereocenters. The molecular weight excluding hydrogens is 388 g/mol. The molecule has 2 bridgehead atoms. The van der Waals surface area contributed by atoms with E-state index in [1.165, 1.54) is 0 Å². The molecule has 0 radical (unpaired) electrons. The number of amides is 1. The van der Waals surface area contributed by atoms with Crippen LogP contribution < -0.4 is 0 Å². The van der Waals surface area contributed by atoms with Gasteiger partial charge in [0.15, 0.2) is 12.2 Å². The summed E-state index contributed by atoms with van der Waals surface area (Å²) in [7, 11) is 0. The van der Waals surface area contributed by atoms with Gasteiger partial charge in [0.2, 0.25) is 5.91 Å². The number of carbonyl (C=O) groups excluding carboxylic acids is 3. The Labute approximate surface area is 169 Å². The summed E-state index contributed by atoms with van der Waals surface area (Å²) in [5.74, 6) is -7.27. The van der Waals surface area contributed by atoms with Crippen molar-refractivity contribution in [1.82, 2.24) is 4.90 Å². The molecule has 7 nitrogen and oxygen atoms in total. The molecule has 0 aliphatic carbocycles. The first kappa shape index (κ1) is 21.9. The van der Waals surface area contributed by atoms with Gasteiger partial charge in [-0.15, -0.1) is 0 Å². The molecule has 29 heavy (non-hydrogen) atoms. The maximum atomic E-state index is 13.5. The standard InChI is InChI=1S/C20H29F2NO6/c1-8(2)17(25)29-15-12-13-10(16(24)23(12)19(4,5)6)11(14(15)28-13)18(26)27-9(3)20(7,21)22/h8-15H,1-7H3. The average Bonchev–Trinajstić information content (AvgIpc) is 3.14. The maximum absolute atomic E-state index is 13.5. The SMILES string of the molecule is CC(C)C(=O)OC1C2OC3C(C(=O)N(C(C)(C)C)C13)C2C(=O)OC(C)C(C)(F)F. The fourth-order valence-corrected chi connectivity index (χ4v) is 4.43. The van der Waals surface area contributed by atoms with Crippen LogP contribution in [0, 0.1) is 17.8 Å². The summed E-state index contributed by atoms with van der Waals surface area (Å²) in [6.07, 6.45) is -4.06. The van der Waals surface area contributed by atoms with Crippen LogP contribution >= 0.6 is 0 Å². The van der Waals surface area contributed by atoms with Crippen LogP contribution in [0.1, 0.15) is 48.5 Å². The minimum Gasteiger partial charge on any atom is -0.457 e. The number of esters is 2. The zero-order valence-corrected chi connectivity index (χ0v) is 17.8. The van der Waals surface area contributed by atoms with Gasteiger partial charge >= 0.3 is 11.9 Å². The third kappa shape index (κ3) is 3.51. The van der Waals surface area contributed by atoms with Crippen LogP contribution in [0.4, 0.5) is 8.78 Å². The summed E-state index contributed by atoms with van der Waals surface area (Å²) in [5.41, 5.74) is -0.599. The largest absolute Gasteiger partial charge is 0.457 e. The first-order valence-electron chi connectivity index (χ1n) is 9.93. The second-order valence-corrected chi connectivity index (χ2v) is 9.58. The van der Waals surface area contributed by atoms with Crippen molar-refractivity contribution in [3.05, 3.63) is 0 Å². The van der Waals surface area contributed by atoms with Crippen LogP contribution in [0.15, 0.2) is 0 Å². The Bertz CT molecular complexity index is 713. The van der Waals surface area contributed by atoms with Gasteiger partial charge in [-0.05, 0) is 27.7 Å². The van der Waals surface area contributed by atoms with Gasteiger partial charge in [-0.1, -0.05) is 13.8 Å². The molecule has 3 aliphatic heterocycles. The minimum atomic E-state index is -3.22. The molecule has 3 saturated heterocycles. The summed E-state index contributed by atoms with van der Waals surface area (Å²) in [6.45, 7) is 10.6. The fourth-order valence-electron chi connectivity index (χ4n) is 4.43. The molecule has 0 aromatic carbocycles. The van der Waals surface area contributed by atoms with Crippen molar-refractivity contribution in [3.63, 3.8) is 0 Å². The number of nitrogens with zero attached hydrogens (tertiary/aromatic N) is 1. The molecule has 1 amide bonds. The zero-order valence-electron chi connectivity index (χ0n) is 17.8. The summed E-state index contributed by atoms with van der Waals surface area (Å²) >= 11 is 0. The molecule has 3 aliphatic rings. The van der Waals surface area contributed by atoms with E-state index in [-0.39, 0.29) is 5.91 Å². The number of alkyl halides is 2. The predicted octanol–water partition coefficient (Wildman–Crippen LogP) is 2.16. The van der Waals surface area contributed by atoms with E-state index >= 15 is 0 Å². The van der Waals surface area contributed by atoms with Gasteiger partial charge in [-0.3, -0.25) is 14.4 Å². The molecule has 0 saturated carbocycles. The van der Waals surface area contributed by atoms with Crippen molar-refractivity contribution in [3.8, 4) is 0 Å². The van der Waals surface area contributed by atoms with Crippen molar-refractivity contribution >= 4 is 17.8 Å². The van der Waals surface area contributed by atoms with E-state index in [1.807, 2.05) is 20.8 Å². The van der Waals surface area contributed by atoms with Crippen molar-refractivity contribution in [2.45, 2.75) is 90.4 Å². The van der Waals surface area contributed by atoms with Crippen molar-refractivity contribution < 1.29 is 37.4 Å². The number of rotatable bonds is 5. The molecule has 3 fully saturated rings. The first-order valence-corrected chi connectivity index (χ1v) is 9.93. The molecular formula is C20H29F2NO6. The van der Waals surface area contributed by atoms with E-state index in [1.54, 1.807) is 18.7 Å². The lowest BCUT2D eigenvalue weighted by atomic mass is 9.78. The molecule has 7 unspecified atom stereocenters. The van der Waals surface area contributed by atoms with Crippen LogP contribution in [-0.4, -0.2) is 64.7 Å². The topological polar surface area (TPSA) is 82.1 Å². The lowest BCUT2D eigenvalue weighted by molar-refractivity contribution is -0.179. The number of fused-ring (bicyclic) bond motifs is 1.